The second-order valence-corrected chi connectivity index (χ2v) is 10.5. The average molecular weight is 470 g/mol. The molecule has 2 N–H and O–H groups in total. The normalized spacial score (nSPS) is 12.3. The number of rotatable bonds is 13. The molecular formula is C28H43N3O3. The SMILES string of the molecule is CCCCN(Cc1ccco1)c1ccc(NC(=O)CC(C)CC(C)(C)C)cc1C(=O)NCCC. The van der Waals surface area contributed by atoms with Crippen LogP contribution in [0.2, 0.25) is 0 Å². The highest BCUT2D eigenvalue weighted by Crippen LogP contribution is 2.29. The maximum absolute atomic E-state index is 13.1. The van der Waals surface area contributed by atoms with E-state index in [1.807, 2.05) is 31.2 Å². The molecule has 0 fully saturated rings. The second-order valence-electron chi connectivity index (χ2n) is 10.5. The monoisotopic (exact) mass is 469 g/mol. The van der Waals surface area contributed by atoms with E-state index in [4.69, 9.17) is 4.42 Å². The highest BCUT2D eigenvalue weighted by molar-refractivity contribution is 6.02. The van der Waals surface area contributed by atoms with Crippen LogP contribution in [0.5, 0.6) is 0 Å². The van der Waals surface area contributed by atoms with E-state index in [9.17, 15) is 9.59 Å². The van der Waals surface area contributed by atoms with Crippen molar-refractivity contribution in [3.8, 4) is 0 Å². The van der Waals surface area contributed by atoms with Gasteiger partial charge in [0.15, 0.2) is 0 Å². The molecule has 1 heterocycles. The zero-order chi connectivity index (χ0) is 25.1. The van der Waals surface area contributed by atoms with Gasteiger partial charge in [-0.1, -0.05) is 48.0 Å². The third-order valence-corrected chi connectivity index (χ3v) is 5.60. The predicted octanol–water partition coefficient (Wildman–Crippen LogP) is 6.63. The van der Waals surface area contributed by atoms with Crippen LogP contribution in [-0.4, -0.2) is 24.9 Å². The van der Waals surface area contributed by atoms with Gasteiger partial charge >= 0.3 is 0 Å². The van der Waals surface area contributed by atoms with E-state index >= 15 is 0 Å². The van der Waals surface area contributed by atoms with Crippen LogP contribution >= 0.6 is 0 Å². The van der Waals surface area contributed by atoms with Crippen molar-refractivity contribution in [3.63, 3.8) is 0 Å². The Bertz CT molecular complexity index is 900. The zero-order valence-corrected chi connectivity index (χ0v) is 21.9. The minimum absolute atomic E-state index is 0.0251. The highest BCUT2D eigenvalue weighted by Gasteiger charge is 2.21. The number of nitrogens with zero attached hydrogens (tertiary/aromatic N) is 1. The van der Waals surface area contributed by atoms with E-state index in [0.29, 0.717) is 30.8 Å². The summed E-state index contributed by atoms with van der Waals surface area (Å²) in [5.41, 5.74) is 2.24. The smallest absolute Gasteiger partial charge is 0.253 e. The lowest BCUT2D eigenvalue weighted by Crippen LogP contribution is -2.30. The molecular weight excluding hydrogens is 426 g/mol. The first kappa shape index (κ1) is 27.5. The van der Waals surface area contributed by atoms with Crippen molar-refractivity contribution < 1.29 is 14.0 Å². The molecule has 1 aromatic carbocycles. The van der Waals surface area contributed by atoms with Crippen LogP contribution in [0.15, 0.2) is 41.0 Å². The van der Waals surface area contributed by atoms with Crippen molar-refractivity contribution in [1.82, 2.24) is 5.32 Å². The number of hydrogen-bond donors (Lipinski definition) is 2. The fourth-order valence-electron chi connectivity index (χ4n) is 4.28. The number of amides is 2. The molecule has 1 atom stereocenters. The van der Waals surface area contributed by atoms with Gasteiger partial charge in [0.1, 0.15) is 5.76 Å². The number of carbonyl (C=O) groups excluding carboxylic acids is 2. The third-order valence-electron chi connectivity index (χ3n) is 5.60. The van der Waals surface area contributed by atoms with Crippen molar-refractivity contribution in [2.45, 2.75) is 80.2 Å². The first-order valence-corrected chi connectivity index (χ1v) is 12.6. The van der Waals surface area contributed by atoms with E-state index in [-0.39, 0.29) is 23.1 Å². The second kappa shape index (κ2) is 13.2. The fourth-order valence-corrected chi connectivity index (χ4v) is 4.28. The van der Waals surface area contributed by atoms with Gasteiger partial charge in [-0.05, 0) is 60.9 Å². The van der Waals surface area contributed by atoms with Crippen LogP contribution in [0, 0.1) is 11.3 Å². The minimum atomic E-state index is -0.130. The topological polar surface area (TPSA) is 74.6 Å². The molecule has 0 spiro atoms. The largest absolute Gasteiger partial charge is 0.467 e. The lowest BCUT2D eigenvalue weighted by atomic mass is 9.84. The lowest BCUT2D eigenvalue weighted by Gasteiger charge is -2.27. The summed E-state index contributed by atoms with van der Waals surface area (Å²) < 4.78 is 5.58. The Morgan fingerprint density at radius 2 is 1.88 bits per heavy atom. The number of nitrogens with one attached hydrogen (secondary N) is 2. The van der Waals surface area contributed by atoms with Crippen molar-refractivity contribution in [2.24, 2.45) is 11.3 Å². The summed E-state index contributed by atoms with van der Waals surface area (Å²) in [5, 5.41) is 6.00. The van der Waals surface area contributed by atoms with Crippen molar-refractivity contribution in [3.05, 3.63) is 47.9 Å². The number of carbonyl (C=O) groups is 2. The Labute approximate surface area is 205 Å². The van der Waals surface area contributed by atoms with E-state index in [1.165, 1.54) is 0 Å². The van der Waals surface area contributed by atoms with Crippen molar-refractivity contribution >= 4 is 23.2 Å². The summed E-state index contributed by atoms with van der Waals surface area (Å²) in [7, 11) is 0. The van der Waals surface area contributed by atoms with E-state index < -0.39 is 0 Å². The average Bonchev–Trinajstić information content (AvgIpc) is 3.26. The summed E-state index contributed by atoms with van der Waals surface area (Å²) >= 11 is 0. The zero-order valence-electron chi connectivity index (χ0n) is 21.9. The molecule has 0 bridgehead atoms. The molecule has 6 nitrogen and oxygen atoms in total. The van der Waals surface area contributed by atoms with Crippen LogP contribution in [0.3, 0.4) is 0 Å². The molecule has 1 unspecified atom stereocenters. The molecule has 188 valence electrons. The first-order chi connectivity index (χ1) is 16.1. The Kier molecular flexibility index (Phi) is 10.7. The maximum Gasteiger partial charge on any atom is 0.253 e. The standard InChI is InChI=1S/C28H43N3O3/c1-7-9-15-31(20-23-11-10-16-34-23)25-13-12-22(18-24(25)27(33)29-14-8-2)30-26(32)17-21(3)19-28(4,5)6/h10-13,16,18,21H,7-9,14-15,17,19-20H2,1-6H3,(H,29,33)(H,30,32). The molecule has 2 aromatic rings. The van der Waals surface area contributed by atoms with E-state index in [2.05, 4.69) is 50.2 Å². The predicted molar refractivity (Wildman–Crippen MR) is 140 cm³/mol. The van der Waals surface area contributed by atoms with Crippen LogP contribution in [0.25, 0.3) is 0 Å². The van der Waals surface area contributed by atoms with E-state index in [1.54, 1.807) is 12.3 Å². The van der Waals surface area contributed by atoms with Crippen LogP contribution < -0.4 is 15.5 Å². The van der Waals surface area contributed by atoms with Gasteiger partial charge in [0.05, 0.1) is 24.1 Å². The Balaban J connectivity index is 2.28. The van der Waals surface area contributed by atoms with Crippen molar-refractivity contribution in [2.75, 3.05) is 23.3 Å². The summed E-state index contributed by atoms with van der Waals surface area (Å²) in [5.74, 6) is 0.975. The quantitative estimate of drug-likeness (QED) is 0.345. The number of benzene rings is 1. The molecule has 0 radical (unpaired) electrons. The highest BCUT2D eigenvalue weighted by atomic mass is 16.3. The Hall–Kier alpha value is -2.76. The molecule has 0 aliphatic rings. The fraction of sp³-hybridized carbons (Fsp3) is 0.571. The number of unbranched alkanes of at least 4 members (excludes halogenated alkanes) is 1. The lowest BCUT2D eigenvalue weighted by molar-refractivity contribution is -0.117. The summed E-state index contributed by atoms with van der Waals surface area (Å²) in [6, 6.07) is 9.45. The maximum atomic E-state index is 13.1. The van der Waals surface area contributed by atoms with Gasteiger partial charge in [-0.2, -0.15) is 0 Å². The molecule has 2 amide bonds. The van der Waals surface area contributed by atoms with E-state index in [0.717, 1.165) is 43.7 Å². The summed E-state index contributed by atoms with van der Waals surface area (Å²) in [4.78, 5) is 28.0. The number of hydrogen-bond acceptors (Lipinski definition) is 4. The summed E-state index contributed by atoms with van der Waals surface area (Å²) in [6.07, 6.45) is 6.01. The van der Waals surface area contributed by atoms with Gasteiger partial charge in [0, 0.05) is 25.2 Å². The number of anilines is 2. The molecule has 0 aliphatic carbocycles. The van der Waals surface area contributed by atoms with Crippen molar-refractivity contribution in [1.29, 1.82) is 0 Å². The van der Waals surface area contributed by atoms with Gasteiger partial charge in [-0.3, -0.25) is 9.59 Å². The first-order valence-electron chi connectivity index (χ1n) is 12.6. The van der Waals surface area contributed by atoms with Gasteiger partial charge < -0.3 is 20.0 Å². The number of furan rings is 1. The van der Waals surface area contributed by atoms with Crippen LogP contribution in [0.4, 0.5) is 11.4 Å². The van der Waals surface area contributed by atoms with Crippen LogP contribution in [0.1, 0.15) is 89.8 Å². The van der Waals surface area contributed by atoms with Crippen LogP contribution in [-0.2, 0) is 11.3 Å². The Morgan fingerprint density at radius 1 is 1.12 bits per heavy atom. The Morgan fingerprint density at radius 3 is 2.50 bits per heavy atom. The molecule has 34 heavy (non-hydrogen) atoms. The molecule has 0 saturated heterocycles. The summed E-state index contributed by atoms with van der Waals surface area (Å²) in [6.45, 7) is 14.8. The molecule has 2 rings (SSSR count). The van der Waals surface area contributed by atoms with Gasteiger partial charge in [0.2, 0.25) is 5.91 Å². The third kappa shape index (κ3) is 9.24. The van der Waals surface area contributed by atoms with Gasteiger partial charge in [-0.25, -0.2) is 0 Å². The minimum Gasteiger partial charge on any atom is -0.467 e. The molecule has 0 aliphatic heterocycles. The molecule has 6 heteroatoms. The molecule has 0 saturated carbocycles. The molecule has 1 aromatic heterocycles. The van der Waals surface area contributed by atoms with Gasteiger partial charge in [0.25, 0.3) is 5.91 Å². The van der Waals surface area contributed by atoms with Gasteiger partial charge in [-0.15, -0.1) is 0 Å².